The van der Waals surface area contributed by atoms with Crippen LogP contribution in [-0.2, 0) is 19.1 Å². The van der Waals surface area contributed by atoms with Crippen molar-refractivity contribution in [1.82, 2.24) is 0 Å². The topological polar surface area (TPSA) is 65.0 Å². The zero-order valence-electron chi connectivity index (χ0n) is 20.7. The molecule has 0 saturated carbocycles. The summed E-state index contributed by atoms with van der Waals surface area (Å²) in [7, 11) is 0. The summed E-state index contributed by atoms with van der Waals surface area (Å²) in [5.41, 5.74) is 2.75. The maximum Gasteiger partial charge on any atom is 0.357 e. The molecule has 5 nitrogen and oxygen atoms in total. The van der Waals surface area contributed by atoms with Crippen molar-refractivity contribution in [2.24, 2.45) is 4.99 Å². The normalized spacial score (nSPS) is 11.8. The molecule has 0 atom stereocenters. The van der Waals surface area contributed by atoms with E-state index in [0.717, 1.165) is 11.1 Å². The highest BCUT2D eigenvalue weighted by Gasteiger charge is 2.26. The fourth-order valence-electron chi connectivity index (χ4n) is 3.48. The number of carbonyl (C=O) groups is 2. The Labute approximate surface area is 207 Å². The minimum Gasteiger partial charge on any atom is -0.466 e. The molecule has 5 heteroatoms. The van der Waals surface area contributed by atoms with Gasteiger partial charge >= 0.3 is 11.9 Å². The molecule has 0 aliphatic carbocycles. The molecule has 3 rings (SSSR count). The number of ether oxygens (including phenoxy) is 2. The number of rotatable bonds is 8. The first-order chi connectivity index (χ1) is 16.8. The van der Waals surface area contributed by atoms with Gasteiger partial charge in [-0.3, -0.25) is 4.79 Å². The number of aliphatic imine (C=N–C) groups is 1. The summed E-state index contributed by atoms with van der Waals surface area (Å²) in [5.74, 6) is -1.05. The lowest BCUT2D eigenvalue weighted by Crippen LogP contribution is -2.25. The fourth-order valence-corrected chi connectivity index (χ4v) is 3.48. The average molecular weight is 470 g/mol. The molecule has 0 aliphatic heterocycles. The molecule has 0 unspecified atom stereocenters. The Balaban J connectivity index is 2.32. The number of carbonyl (C=O) groups excluding carboxylic acids is 2. The van der Waals surface area contributed by atoms with Crippen molar-refractivity contribution in [3.05, 3.63) is 113 Å². The average Bonchev–Trinajstić information content (AvgIpc) is 2.84. The van der Waals surface area contributed by atoms with Crippen LogP contribution in [0.2, 0.25) is 0 Å². The quantitative estimate of drug-likeness (QED) is 0.223. The summed E-state index contributed by atoms with van der Waals surface area (Å²) in [5, 5.41) is 0. The van der Waals surface area contributed by atoms with E-state index >= 15 is 0 Å². The van der Waals surface area contributed by atoms with Crippen molar-refractivity contribution in [1.29, 1.82) is 0 Å². The first-order valence-corrected chi connectivity index (χ1v) is 11.7. The van der Waals surface area contributed by atoms with Gasteiger partial charge in [0.15, 0.2) is 5.70 Å². The summed E-state index contributed by atoms with van der Waals surface area (Å²) in [6, 6.07) is 28.5. The van der Waals surface area contributed by atoms with E-state index in [0.29, 0.717) is 16.8 Å². The molecule has 0 fully saturated rings. The van der Waals surface area contributed by atoms with E-state index in [1.807, 2.05) is 91.0 Å². The monoisotopic (exact) mass is 469 g/mol. The van der Waals surface area contributed by atoms with Crippen molar-refractivity contribution in [3.63, 3.8) is 0 Å². The van der Waals surface area contributed by atoms with Gasteiger partial charge in [-0.15, -0.1) is 0 Å². The number of hydrogen-bond donors (Lipinski definition) is 0. The molecule has 3 aromatic carbocycles. The molecule has 0 N–H and O–H groups in total. The second-order valence-corrected chi connectivity index (χ2v) is 8.87. The summed E-state index contributed by atoms with van der Waals surface area (Å²) >= 11 is 0. The van der Waals surface area contributed by atoms with E-state index in [1.54, 1.807) is 27.7 Å². The minimum atomic E-state index is -0.747. The van der Waals surface area contributed by atoms with Crippen molar-refractivity contribution in [2.45, 2.75) is 39.7 Å². The predicted molar refractivity (Wildman–Crippen MR) is 139 cm³/mol. The van der Waals surface area contributed by atoms with Crippen LogP contribution in [0.5, 0.6) is 0 Å². The lowest BCUT2D eigenvalue weighted by Gasteiger charge is -2.21. The highest BCUT2D eigenvalue weighted by Crippen LogP contribution is 2.28. The lowest BCUT2D eigenvalue weighted by atomic mass is 9.98. The van der Waals surface area contributed by atoms with E-state index in [-0.39, 0.29) is 18.7 Å². The molecule has 0 saturated heterocycles. The second kappa shape index (κ2) is 11.9. The summed E-state index contributed by atoms with van der Waals surface area (Å²) < 4.78 is 11.0. The Morgan fingerprint density at radius 3 is 1.63 bits per heavy atom. The number of esters is 2. The van der Waals surface area contributed by atoms with Gasteiger partial charge in [-0.1, -0.05) is 91.0 Å². The predicted octanol–water partition coefficient (Wildman–Crippen LogP) is 6.23. The van der Waals surface area contributed by atoms with Crippen molar-refractivity contribution < 1.29 is 19.1 Å². The smallest absolute Gasteiger partial charge is 0.357 e. The zero-order valence-corrected chi connectivity index (χ0v) is 20.7. The fraction of sp³-hybridized carbons (Fsp3) is 0.233. The number of benzene rings is 3. The Hall–Kier alpha value is -3.99. The highest BCUT2D eigenvalue weighted by molar-refractivity contribution is 6.15. The third kappa shape index (κ3) is 7.51. The summed E-state index contributed by atoms with van der Waals surface area (Å²) in [6.45, 7) is 7.39. The SMILES string of the molecule is CCOC(=O)C/C(=C(\N=C(c1ccccc1)c1ccccc1)C(=O)OC(C)(C)C)c1ccccc1. The third-order valence-corrected chi connectivity index (χ3v) is 4.94. The molecule has 0 heterocycles. The van der Waals surface area contributed by atoms with Crippen LogP contribution in [0.25, 0.3) is 5.57 Å². The van der Waals surface area contributed by atoms with Gasteiger partial charge in [0, 0.05) is 16.7 Å². The molecule has 0 bridgehead atoms. The van der Waals surface area contributed by atoms with Crippen LogP contribution in [-0.4, -0.2) is 29.9 Å². The lowest BCUT2D eigenvalue weighted by molar-refractivity contribution is -0.149. The molecular formula is C30H31NO4. The van der Waals surface area contributed by atoms with E-state index in [4.69, 9.17) is 14.5 Å². The Morgan fingerprint density at radius 1 is 0.743 bits per heavy atom. The van der Waals surface area contributed by atoms with Crippen LogP contribution in [0.1, 0.15) is 50.8 Å². The van der Waals surface area contributed by atoms with Crippen LogP contribution in [0, 0.1) is 0 Å². The molecule has 35 heavy (non-hydrogen) atoms. The van der Waals surface area contributed by atoms with Gasteiger partial charge in [-0.05, 0) is 33.3 Å². The molecule has 3 aromatic rings. The van der Waals surface area contributed by atoms with Gasteiger partial charge in [-0.25, -0.2) is 9.79 Å². The third-order valence-electron chi connectivity index (χ3n) is 4.94. The van der Waals surface area contributed by atoms with E-state index in [9.17, 15) is 9.59 Å². The highest BCUT2D eigenvalue weighted by atomic mass is 16.6. The maximum atomic E-state index is 13.6. The van der Waals surface area contributed by atoms with Crippen LogP contribution >= 0.6 is 0 Å². The van der Waals surface area contributed by atoms with E-state index in [2.05, 4.69) is 0 Å². The van der Waals surface area contributed by atoms with Gasteiger partial charge in [0.05, 0.1) is 18.7 Å². The van der Waals surface area contributed by atoms with Gasteiger partial charge in [0.2, 0.25) is 0 Å². The molecule has 0 radical (unpaired) electrons. The van der Waals surface area contributed by atoms with Crippen molar-refractivity contribution >= 4 is 23.2 Å². The first-order valence-electron chi connectivity index (χ1n) is 11.7. The number of nitrogens with zero attached hydrogens (tertiary/aromatic N) is 1. The van der Waals surface area contributed by atoms with Gasteiger partial charge in [0.25, 0.3) is 0 Å². The first kappa shape index (κ1) is 25.6. The standard InChI is InChI=1S/C30H31NO4/c1-5-34-26(32)21-25(22-15-9-6-10-16-22)28(29(33)35-30(2,3)4)31-27(23-17-11-7-12-18-23)24-19-13-8-14-20-24/h6-20H,5,21H2,1-4H3/b28-25+. The maximum absolute atomic E-state index is 13.6. The summed E-state index contributed by atoms with van der Waals surface area (Å²) in [4.78, 5) is 31.1. The van der Waals surface area contributed by atoms with Crippen molar-refractivity contribution in [2.75, 3.05) is 6.61 Å². The molecule has 0 amide bonds. The molecule has 0 aliphatic rings. The Kier molecular flexibility index (Phi) is 8.74. The number of hydrogen-bond acceptors (Lipinski definition) is 5. The molecule has 0 spiro atoms. The van der Waals surface area contributed by atoms with Gasteiger partial charge in [-0.2, -0.15) is 0 Å². The van der Waals surface area contributed by atoms with Gasteiger partial charge in [0.1, 0.15) is 5.60 Å². The Morgan fingerprint density at radius 2 is 1.20 bits per heavy atom. The zero-order chi connectivity index (χ0) is 25.3. The Bertz CT molecular complexity index is 1150. The second-order valence-electron chi connectivity index (χ2n) is 8.87. The van der Waals surface area contributed by atoms with Crippen LogP contribution in [0.15, 0.2) is 102 Å². The van der Waals surface area contributed by atoms with Crippen LogP contribution in [0.4, 0.5) is 0 Å². The molecular weight excluding hydrogens is 438 g/mol. The summed E-state index contributed by atoms with van der Waals surface area (Å²) in [6.07, 6.45) is -0.118. The largest absolute Gasteiger partial charge is 0.466 e. The molecule has 180 valence electrons. The molecule has 0 aromatic heterocycles. The van der Waals surface area contributed by atoms with Crippen LogP contribution < -0.4 is 0 Å². The minimum absolute atomic E-state index is 0.0712. The van der Waals surface area contributed by atoms with E-state index in [1.165, 1.54) is 0 Å². The van der Waals surface area contributed by atoms with Crippen LogP contribution in [0.3, 0.4) is 0 Å². The van der Waals surface area contributed by atoms with E-state index < -0.39 is 17.5 Å². The van der Waals surface area contributed by atoms with Gasteiger partial charge < -0.3 is 9.47 Å². The van der Waals surface area contributed by atoms with Crippen molar-refractivity contribution in [3.8, 4) is 0 Å².